The molecule has 2 rings (SSSR count). The normalized spacial score (nSPS) is 17.8. The van der Waals surface area contributed by atoms with Gasteiger partial charge in [0.05, 0.1) is 10.3 Å². The van der Waals surface area contributed by atoms with Crippen LogP contribution in [0.2, 0.25) is 0 Å². The number of sulfone groups is 1. The van der Waals surface area contributed by atoms with Gasteiger partial charge in [-0.25, -0.2) is 8.42 Å². The fourth-order valence-electron chi connectivity index (χ4n) is 2.02. The van der Waals surface area contributed by atoms with Gasteiger partial charge in [0.15, 0.2) is 4.98 Å². The molecule has 0 bridgehead atoms. The molecule has 1 saturated carbocycles. The number of hydrogen-bond acceptors (Lipinski definition) is 5. The van der Waals surface area contributed by atoms with Gasteiger partial charge in [0.25, 0.3) is 9.84 Å². The molecular formula is C13H13N2O4S+. The van der Waals surface area contributed by atoms with Crippen molar-refractivity contribution in [3.8, 4) is 0 Å². The molecule has 1 fully saturated rings. The standard InChI is InChI=1S/C13H12N2O4S/c1-9(16)13(7-8-13)11(17)12(15-14)20(18,19)10-5-3-2-4-6-10/h2-6H,7-8H2,1H3/p+1. The van der Waals surface area contributed by atoms with Crippen molar-refractivity contribution >= 4 is 15.6 Å². The third-order valence-electron chi connectivity index (χ3n) is 3.48. The SMILES string of the molecule is CC(=O)C1(C(O)=C([N+]#N)S(=O)(=O)c2ccccc2)CC1. The van der Waals surface area contributed by atoms with Crippen LogP contribution >= 0.6 is 0 Å². The van der Waals surface area contributed by atoms with Crippen LogP contribution in [0.5, 0.6) is 0 Å². The van der Waals surface area contributed by atoms with Crippen LogP contribution in [0, 0.1) is 10.8 Å². The van der Waals surface area contributed by atoms with E-state index in [1.54, 1.807) is 6.07 Å². The monoisotopic (exact) mass is 293 g/mol. The minimum absolute atomic E-state index is 0.112. The number of benzene rings is 1. The summed E-state index contributed by atoms with van der Waals surface area (Å²) in [5.74, 6) is -1.03. The lowest BCUT2D eigenvalue weighted by Crippen LogP contribution is -2.18. The van der Waals surface area contributed by atoms with Gasteiger partial charge < -0.3 is 5.11 Å². The first-order valence-electron chi connectivity index (χ1n) is 5.96. The first kappa shape index (κ1) is 14.2. The van der Waals surface area contributed by atoms with Gasteiger partial charge in [-0.05, 0) is 31.9 Å². The van der Waals surface area contributed by atoms with Gasteiger partial charge in [0.2, 0.25) is 11.2 Å². The molecule has 0 aromatic heterocycles. The molecule has 6 nitrogen and oxygen atoms in total. The highest BCUT2D eigenvalue weighted by atomic mass is 32.2. The lowest BCUT2D eigenvalue weighted by atomic mass is 10.0. The maximum absolute atomic E-state index is 12.3. The van der Waals surface area contributed by atoms with Gasteiger partial charge in [-0.2, -0.15) is 0 Å². The summed E-state index contributed by atoms with van der Waals surface area (Å²) in [5.41, 5.74) is -1.22. The van der Waals surface area contributed by atoms with Crippen molar-refractivity contribution in [1.29, 1.82) is 5.39 Å². The lowest BCUT2D eigenvalue weighted by molar-refractivity contribution is -0.121. The van der Waals surface area contributed by atoms with Gasteiger partial charge in [-0.15, -0.1) is 0 Å². The topological polar surface area (TPSA) is 99.6 Å². The summed E-state index contributed by atoms with van der Waals surface area (Å²) in [7, 11) is -4.17. The lowest BCUT2D eigenvalue weighted by Gasteiger charge is -2.07. The molecule has 0 unspecified atom stereocenters. The molecule has 0 radical (unpaired) electrons. The number of carbonyl (C=O) groups excluding carboxylic acids is 1. The summed E-state index contributed by atoms with van der Waals surface area (Å²) in [6.45, 7) is 1.27. The maximum atomic E-state index is 12.3. The van der Waals surface area contributed by atoms with E-state index < -0.39 is 26.0 Å². The summed E-state index contributed by atoms with van der Waals surface area (Å²) in [5, 5.41) is 18.2. The number of hydrogen-bond donors (Lipinski definition) is 1. The second-order valence-corrected chi connectivity index (χ2v) is 6.57. The van der Waals surface area contributed by atoms with Crippen LogP contribution in [0.15, 0.2) is 46.0 Å². The minimum atomic E-state index is -4.17. The highest BCUT2D eigenvalue weighted by Crippen LogP contribution is 2.53. The van der Waals surface area contributed by atoms with E-state index in [4.69, 9.17) is 5.39 Å². The predicted molar refractivity (Wildman–Crippen MR) is 70.7 cm³/mol. The summed E-state index contributed by atoms with van der Waals surface area (Å²) in [6.07, 6.45) is 0.689. The van der Waals surface area contributed by atoms with Crippen LogP contribution < -0.4 is 0 Å². The Balaban J connectivity index is 2.60. The average molecular weight is 293 g/mol. The first-order chi connectivity index (χ1) is 9.36. The Labute approximate surface area is 116 Å². The van der Waals surface area contributed by atoms with Gasteiger partial charge >= 0.3 is 5.03 Å². The van der Waals surface area contributed by atoms with Gasteiger partial charge in [-0.1, -0.05) is 18.2 Å². The van der Waals surface area contributed by atoms with Crippen LogP contribution in [-0.2, 0) is 14.6 Å². The molecule has 1 aliphatic rings. The molecule has 0 spiro atoms. The maximum Gasteiger partial charge on any atom is 0.516 e. The Kier molecular flexibility index (Phi) is 3.36. The number of aliphatic hydroxyl groups excluding tert-OH is 1. The fraction of sp³-hybridized carbons (Fsp3) is 0.308. The average Bonchev–Trinajstić information content (AvgIpc) is 3.21. The van der Waals surface area contributed by atoms with E-state index in [0.717, 1.165) is 0 Å². The number of ketones is 1. The van der Waals surface area contributed by atoms with E-state index in [9.17, 15) is 18.3 Å². The van der Waals surface area contributed by atoms with Crippen molar-refractivity contribution in [2.45, 2.75) is 24.7 Å². The quantitative estimate of drug-likeness (QED) is 0.678. The summed E-state index contributed by atoms with van der Waals surface area (Å²) in [6, 6.07) is 7.30. The molecule has 1 aromatic carbocycles. The number of Topliss-reactive ketones (excluding diaryl/α,β-unsaturated/α-hetero) is 1. The van der Waals surface area contributed by atoms with E-state index in [0.29, 0.717) is 12.8 Å². The van der Waals surface area contributed by atoms with Crippen molar-refractivity contribution in [2.24, 2.45) is 5.41 Å². The van der Waals surface area contributed by atoms with Crippen molar-refractivity contribution < 1.29 is 18.3 Å². The zero-order chi connectivity index (χ0) is 15.0. The van der Waals surface area contributed by atoms with Crippen LogP contribution in [-0.4, -0.2) is 19.3 Å². The predicted octanol–water partition coefficient (Wildman–Crippen LogP) is 2.41. The number of diazo groups is 1. The number of carbonyl (C=O) groups is 1. The van der Waals surface area contributed by atoms with Crippen molar-refractivity contribution in [3.63, 3.8) is 0 Å². The van der Waals surface area contributed by atoms with Crippen LogP contribution in [0.4, 0.5) is 0 Å². The second kappa shape index (κ2) is 4.72. The van der Waals surface area contributed by atoms with Crippen LogP contribution in [0.1, 0.15) is 19.8 Å². The second-order valence-electron chi connectivity index (χ2n) is 4.71. The smallest absolute Gasteiger partial charge is 0.504 e. The van der Waals surface area contributed by atoms with Crippen molar-refractivity contribution in [1.82, 2.24) is 0 Å². The van der Waals surface area contributed by atoms with Gasteiger partial charge in [0.1, 0.15) is 5.78 Å². The Morgan fingerprint density at radius 2 is 1.85 bits per heavy atom. The van der Waals surface area contributed by atoms with Crippen LogP contribution in [0.3, 0.4) is 0 Å². The van der Waals surface area contributed by atoms with Crippen LogP contribution in [0.25, 0.3) is 4.98 Å². The highest BCUT2D eigenvalue weighted by Gasteiger charge is 2.57. The van der Waals surface area contributed by atoms with Gasteiger partial charge in [-0.3, -0.25) is 4.79 Å². The Morgan fingerprint density at radius 1 is 1.30 bits per heavy atom. The number of aliphatic hydroxyl groups is 1. The molecule has 0 aliphatic heterocycles. The molecule has 0 saturated heterocycles. The molecule has 1 N–H and O–H groups in total. The highest BCUT2D eigenvalue weighted by molar-refractivity contribution is 7.95. The summed E-state index contributed by atoms with van der Waals surface area (Å²) >= 11 is 0. The molecular weight excluding hydrogens is 280 g/mol. The van der Waals surface area contributed by atoms with Crippen molar-refractivity contribution in [3.05, 3.63) is 46.1 Å². The molecule has 1 aromatic rings. The fourth-order valence-corrected chi connectivity index (χ4v) is 3.32. The number of rotatable bonds is 4. The minimum Gasteiger partial charge on any atom is -0.504 e. The molecule has 1 aliphatic carbocycles. The molecule has 7 heteroatoms. The zero-order valence-electron chi connectivity index (χ0n) is 10.8. The van der Waals surface area contributed by atoms with E-state index >= 15 is 0 Å². The third kappa shape index (κ3) is 2.08. The van der Waals surface area contributed by atoms with Crippen molar-refractivity contribution in [2.75, 3.05) is 0 Å². The Hall–Kier alpha value is -2.20. The molecule has 104 valence electrons. The molecule has 0 amide bonds. The van der Waals surface area contributed by atoms with E-state index in [-0.39, 0.29) is 10.7 Å². The summed E-state index contributed by atoms with van der Waals surface area (Å²) in [4.78, 5) is 14.1. The summed E-state index contributed by atoms with van der Waals surface area (Å²) < 4.78 is 24.6. The number of nitrogens with zero attached hydrogens (tertiary/aromatic N) is 2. The van der Waals surface area contributed by atoms with Gasteiger partial charge in [0, 0.05) is 0 Å². The zero-order valence-corrected chi connectivity index (χ0v) is 11.6. The van der Waals surface area contributed by atoms with E-state index in [1.165, 1.54) is 31.2 Å². The third-order valence-corrected chi connectivity index (χ3v) is 5.16. The first-order valence-corrected chi connectivity index (χ1v) is 7.44. The molecule has 0 atom stereocenters. The largest absolute Gasteiger partial charge is 0.516 e. The Bertz CT molecular complexity index is 725. The number of allylic oxidation sites excluding steroid dienone is 1. The molecule has 20 heavy (non-hydrogen) atoms. The Morgan fingerprint density at radius 3 is 2.25 bits per heavy atom. The molecule has 0 heterocycles. The van der Waals surface area contributed by atoms with E-state index in [1.807, 2.05) is 0 Å². The van der Waals surface area contributed by atoms with E-state index in [2.05, 4.69) is 4.98 Å².